The Bertz CT molecular complexity index is 229. The summed E-state index contributed by atoms with van der Waals surface area (Å²) in [5.41, 5.74) is 4.95. The van der Waals surface area contributed by atoms with Gasteiger partial charge in [0.25, 0.3) is 0 Å². The summed E-state index contributed by atoms with van der Waals surface area (Å²) < 4.78 is 0. The molecule has 4 heteroatoms. The third-order valence-corrected chi connectivity index (χ3v) is 3.60. The minimum Gasteiger partial charge on any atom is -0.368 e. The Hall–Kier alpha value is -0.610. The molecule has 0 aromatic carbocycles. The molecule has 0 radical (unpaired) electrons. The molecule has 18 heavy (non-hydrogen) atoms. The van der Waals surface area contributed by atoms with Gasteiger partial charge in [-0.2, -0.15) is 0 Å². The van der Waals surface area contributed by atoms with Gasteiger partial charge in [0.15, 0.2) is 0 Å². The Morgan fingerprint density at radius 2 is 1.83 bits per heavy atom. The van der Waals surface area contributed by atoms with Crippen molar-refractivity contribution in [2.75, 3.05) is 26.2 Å². The van der Waals surface area contributed by atoms with E-state index in [1.54, 1.807) is 0 Å². The van der Waals surface area contributed by atoms with Crippen LogP contribution in [-0.2, 0) is 4.79 Å². The number of rotatable bonds is 11. The first-order valence-corrected chi connectivity index (χ1v) is 7.27. The lowest BCUT2D eigenvalue weighted by Crippen LogP contribution is -2.53. The number of amides is 1. The van der Waals surface area contributed by atoms with Crippen LogP contribution in [-0.4, -0.2) is 42.5 Å². The maximum absolute atomic E-state index is 11.5. The van der Waals surface area contributed by atoms with Crippen LogP contribution in [0, 0.1) is 0 Å². The van der Waals surface area contributed by atoms with E-state index < -0.39 is 5.54 Å². The predicted octanol–water partition coefficient (Wildman–Crippen LogP) is 1.74. The first-order chi connectivity index (χ1) is 8.50. The Labute approximate surface area is 112 Å². The van der Waals surface area contributed by atoms with Crippen molar-refractivity contribution in [2.24, 2.45) is 5.73 Å². The largest absolute Gasteiger partial charge is 0.368 e. The van der Waals surface area contributed by atoms with Crippen molar-refractivity contribution in [3.8, 4) is 0 Å². The summed E-state index contributed by atoms with van der Waals surface area (Å²) in [5.74, 6) is -0.237. The SMILES string of the molecule is CCCNC(C)(CCCCN(CC)CC)C(N)=O. The number of nitrogens with zero attached hydrogens (tertiary/aromatic N) is 1. The lowest BCUT2D eigenvalue weighted by atomic mass is 9.93. The summed E-state index contributed by atoms with van der Waals surface area (Å²) in [4.78, 5) is 13.9. The quantitative estimate of drug-likeness (QED) is 0.554. The first kappa shape index (κ1) is 17.4. The average molecular weight is 257 g/mol. The zero-order valence-corrected chi connectivity index (χ0v) is 12.6. The van der Waals surface area contributed by atoms with Crippen LogP contribution in [0.1, 0.15) is 53.4 Å². The van der Waals surface area contributed by atoms with E-state index in [0.29, 0.717) is 0 Å². The number of carbonyl (C=O) groups excluding carboxylic acids is 1. The third kappa shape index (κ3) is 6.36. The van der Waals surface area contributed by atoms with Crippen molar-refractivity contribution < 1.29 is 4.79 Å². The van der Waals surface area contributed by atoms with Crippen molar-refractivity contribution in [2.45, 2.75) is 58.9 Å². The minimum atomic E-state index is -0.542. The van der Waals surface area contributed by atoms with Gasteiger partial charge in [-0.05, 0) is 58.8 Å². The summed E-state index contributed by atoms with van der Waals surface area (Å²) >= 11 is 0. The summed E-state index contributed by atoms with van der Waals surface area (Å²) in [7, 11) is 0. The molecule has 4 nitrogen and oxygen atoms in total. The zero-order valence-electron chi connectivity index (χ0n) is 12.6. The van der Waals surface area contributed by atoms with E-state index in [-0.39, 0.29) is 5.91 Å². The van der Waals surface area contributed by atoms with E-state index in [1.165, 1.54) is 0 Å². The van der Waals surface area contributed by atoms with Gasteiger partial charge in [-0.1, -0.05) is 20.8 Å². The highest BCUT2D eigenvalue weighted by atomic mass is 16.1. The smallest absolute Gasteiger partial charge is 0.237 e. The van der Waals surface area contributed by atoms with E-state index in [4.69, 9.17) is 5.73 Å². The molecule has 1 amide bonds. The fourth-order valence-corrected chi connectivity index (χ4v) is 2.05. The normalized spacial score (nSPS) is 14.7. The van der Waals surface area contributed by atoms with Gasteiger partial charge in [-0.3, -0.25) is 4.79 Å². The molecule has 0 aromatic heterocycles. The molecule has 1 atom stereocenters. The highest BCUT2D eigenvalue weighted by Gasteiger charge is 2.29. The molecular formula is C14H31N3O. The van der Waals surface area contributed by atoms with Gasteiger partial charge in [0.05, 0.1) is 5.54 Å². The molecule has 0 bridgehead atoms. The second-order valence-electron chi connectivity index (χ2n) is 5.11. The van der Waals surface area contributed by atoms with Crippen LogP contribution in [0.2, 0.25) is 0 Å². The molecule has 0 aromatic rings. The zero-order chi connectivity index (χ0) is 14.0. The Kier molecular flexibility index (Phi) is 9.02. The summed E-state index contributed by atoms with van der Waals surface area (Å²) in [6, 6.07) is 0. The summed E-state index contributed by atoms with van der Waals surface area (Å²) in [6.45, 7) is 12.5. The molecule has 0 rings (SSSR count). The van der Waals surface area contributed by atoms with Crippen LogP contribution >= 0.6 is 0 Å². The Morgan fingerprint density at radius 3 is 2.28 bits per heavy atom. The molecule has 0 aliphatic rings. The van der Waals surface area contributed by atoms with Crippen LogP contribution in [0.3, 0.4) is 0 Å². The number of hydrogen-bond acceptors (Lipinski definition) is 3. The fourth-order valence-electron chi connectivity index (χ4n) is 2.05. The minimum absolute atomic E-state index is 0.237. The first-order valence-electron chi connectivity index (χ1n) is 7.27. The van der Waals surface area contributed by atoms with E-state index in [2.05, 4.69) is 31.0 Å². The van der Waals surface area contributed by atoms with Crippen LogP contribution in [0.25, 0.3) is 0 Å². The van der Waals surface area contributed by atoms with Gasteiger partial charge >= 0.3 is 0 Å². The van der Waals surface area contributed by atoms with Crippen LogP contribution in [0.5, 0.6) is 0 Å². The average Bonchev–Trinajstić information content (AvgIpc) is 2.36. The molecule has 108 valence electrons. The van der Waals surface area contributed by atoms with Crippen molar-refractivity contribution >= 4 is 5.91 Å². The molecule has 3 N–H and O–H groups in total. The van der Waals surface area contributed by atoms with E-state index >= 15 is 0 Å². The molecule has 0 saturated heterocycles. The van der Waals surface area contributed by atoms with Gasteiger partial charge < -0.3 is 16.0 Å². The van der Waals surface area contributed by atoms with Crippen molar-refractivity contribution in [1.29, 1.82) is 0 Å². The number of primary amides is 1. The van der Waals surface area contributed by atoms with Crippen molar-refractivity contribution in [3.05, 3.63) is 0 Å². The van der Waals surface area contributed by atoms with Crippen LogP contribution in [0.15, 0.2) is 0 Å². The molecular weight excluding hydrogens is 226 g/mol. The fraction of sp³-hybridized carbons (Fsp3) is 0.929. The highest BCUT2D eigenvalue weighted by molar-refractivity contribution is 5.84. The van der Waals surface area contributed by atoms with E-state index in [1.807, 2.05) is 6.92 Å². The molecule has 0 heterocycles. The maximum atomic E-state index is 11.5. The topological polar surface area (TPSA) is 58.4 Å². The van der Waals surface area contributed by atoms with E-state index in [9.17, 15) is 4.79 Å². The van der Waals surface area contributed by atoms with Gasteiger partial charge in [0, 0.05) is 0 Å². The predicted molar refractivity (Wildman–Crippen MR) is 77.5 cm³/mol. The second-order valence-corrected chi connectivity index (χ2v) is 5.11. The number of nitrogens with two attached hydrogens (primary N) is 1. The molecule has 0 aliphatic carbocycles. The highest BCUT2D eigenvalue weighted by Crippen LogP contribution is 2.14. The second kappa shape index (κ2) is 9.34. The van der Waals surface area contributed by atoms with Gasteiger partial charge in [0.2, 0.25) is 5.91 Å². The molecule has 0 fully saturated rings. The van der Waals surface area contributed by atoms with Crippen LogP contribution in [0.4, 0.5) is 0 Å². The number of nitrogens with one attached hydrogen (secondary N) is 1. The number of unbranched alkanes of at least 4 members (excludes halogenated alkanes) is 1. The third-order valence-electron chi connectivity index (χ3n) is 3.60. The monoisotopic (exact) mass is 257 g/mol. The molecule has 1 unspecified atom stereocenters. The van der Waals surface area contributed by atoms with Gasteiger partial charge in [0.1, 0.15) is 0 Å². The Balaban J connectivity index is 4.01. The van der Waals surface area contributed by atoms with Crippen LogP contribution < -0.4 is 11.1 Å². The standard InChI is InChI=1S/C14H31N3O/c1-5-11-16-14(4,13(15)18)10-8-9-12-17(6-2)7-3/h16H,5-12H2,1-4H3,(H2,15,18). The number of carbonyl (C=O) groups is 1. The summed E-state index contributed by atoms with van der Waals surface area (Å²) in [5, 5.41) is 3.27. The lowest BCUT2D eigenvalue weighted by molar-refractivity contribution is -0.124. The Morgan fingerprint density at radius 1 is 1.22 bits per heavy atom. The molecule has 0 aliphatic heterocycles. The van der Waals surface area contributed by atoms with Crippen molar-refractivity contribution in [3.63, 3.8) is 0 Å². The lowest BCUT2D eigenvalue weighted by Gasteiger charge is -2.28. The van der Waals surface area contributed by atoms with Crippen molar-refractivity contribution in [1.82, 2.24) is 10.2 Å². The molecule has 0 spiro atoms. The van der Waals surface area contributed by atoms with E-state index in [0.717, 1.165) is 51.9 Å². The van der Waals surface area contributed by atoms with Gasteiger partial charge in [-0.25, -0.2) is 0 Å². The van der Waals surface area contributed by atoms with Gasteiger partial charge in [-0.15, -0.1) is 0 Å². The summed E-state index contributed by atoms with van der Waals surface area (Å²) in [6.07, 6.45) is 4.00. The number of hydrogen-bond donors (Lipinski definition) is 2. The maximum Gasteiger partial charge on any atom is 0.237 e. The molecule has 0 saturated carbocycles.